The Morgan fingerprint density at radius 1 is 1.38 bits per heavy atom. The molecule has 7 heteroatoms. The normalized spacial score (nSPS) is 17.6. The molecule has 24 heavy (non-hydrogen) atoms. The molecule has 1 aromatic carbocycles. The fraction of sp³-hybridized carbons (Fsp3) is 0.412. The number of rotatable bonds is 4. The molecule has 0 bridgehead atoms. The Balaban J connectivity index is 0.00000208. The third-order valence-electron chi connectivity index (χ3n) is 4.49. The average Bonchev–Trinajstić information content (AvgIpc) is 3.10. The summed E-state index contributed by atoms with van der Waals surface area (Å²) in [5, 5.41) is 10.8. The fourth-order valence-corrected chi connectivity index (χ4v) is 3.53. The minimum atomic E-state index is -0.602. The van der Waals surface area contributed by atoms with Crippen LogP contribution >= 0.6 is 28.3 Å². The fourth-order valence-electron chi connectivity index (χ4n) is 3.11. The largest absolute Gasteiger partial charge is 0.347 e. The minimum absolute atomic E-state index is 0. The Morgan fingerprint density at radius 2 is 2.12 bits per heavy atom. The van der Waals surface area contributed by atoms with Gasteiger partial charge in [-0.15, -0.1) is 12.4 Å². The van der Waals surface area contributed by atoms with Gasteiger partial charge >= 0.3 is 0 Å². The van der Waals surface area contributed by atoms with Gasteiger partial charge in [-0.05, 0) is 56.6 Å². The lowest BCUT2D eigenvalue weighted by Gasteiger charge is -2.37. The number of aromatic nitrogens is 2. The highest BCUT2D eigenvalue weighted by Crippen LogP contribution is 2.28. The monoisotopic (exact) mass is 412 g/mol. The molecular weight excluding hydrogens is 392 g/mol. The zero-order chi connectivity index (χ0) is 16.3. The van der Waals surface area contributed by atoms with Crippen molar-refractivity contribution in [1.29, 1.82) is 0 Å². The molecule has 0 saturated carbocycles. The van der Waals surface area contributed by atoms with Crippen molar-refractivity contribution < 1.29 is 4.79 Å². The maximum absolute atomic E-state index is 13.1. The zero-order valence-corrected chi connectivity index (χ0v) is 15.9. The van der Waals surface area contributed by atoms with E-state index in [1.54, 1.807) is 6.20 Å². The molecule has 0 spiro atoms. The molecule has 1 aromatic heterocycles. The van der Waals surface area contributed by atoms with Crippen molar-refractivity contribution in [3.8, 4) is 0 Å². The topological polar surface area (TPSA) is 59.0 Å². The van der Waals surface area contributed by atoms with E-state index in [1.165, 1.54) is 0 Å². The number of hydrogen-bond acceptors (Lipinski definition) is 3. The van der Waals surface area contributed by atoms with E-state index in [1.807, 2.05) is 48.1 Å². The molecule has 1 amide bonds. The van der Waals surface area contributed by atoms with E-state index in [2.05, 4.69) is 31.7 Å². The van der Waals surface area contributed by atoms with Crippen molar-refractivity contribution >= 4 is 34.2 Å². The first-order valence-electron chi connectivity index (χ1n) is 7.89. The lowest BCUT2D eigenvalue weighted by atomic mass is 9.87. The summed E-state index contributed by atoms with van der Waals surface area (Å²) < 4.78 is 2.83. The molecule has 0 aliphatic carbocycles. The first-order valence-corrected chi connectivity index (χ1v) is 8.68. The number of carbonyl (C=O) groups excluding carboxylic acids is 1. The van der Waals surface area contributed by atoms with Gasteiger partial charge in [0.15, 0.2) is 0 Å². The number of halogens is 2. The summed E-state index contributed by atoms with van der Waals surface area (Å²) in [6, 6.07) is 9.84. The van der Waals surface area contributed by atoms with Crippen molar-refractivity contribution in [2.24, 2.45) is 0 Å². The molecule has 1 saturated heterocycles. The number of benzene rings is 1. The average molecular weight is 414 g/mol. The molecule has 130 valence electrons. The van der Waals surface area contributed by atoms with Gasteiger partial charge in [0.25, 0.3) is 0 Å². The van der Waals surface area contributed by atoms with Crippen LogP contribution in [0.25, 0.3) is 0 Å². The van der Waals surface area contributed by atoms with Crippen LogP contribution in [0, 0.1) is 0 Å². The molecule has 2 heterocycles. The molecule has 2 aromatic rings. The van der Waals surface area contributed by atoms with Gasteiger partial charge in [-0.1, -0.05) is 28.1 Å². The molecular formula is C17H22BrClN4O. The third-order valence-corrected chi connectivity index (χ3v) is 4.99. The number of amides is 1. The van der Waals surface area contributed by atoms with E-state index >= 15 is 0 Å². The SMILES string of the molecule is CC(NC(=O)C1(n2cccn2)CCNCC1)c1cccc(Br)c1.Cl. The summed E-state index contributed by atoms with van der Waals surface area (Å²) in [6.45, 7) is 3.65. The molecule has 1 fully saturated rings. The predicted molar refractivity (Wildman–Crippen MR) is 100 cm³/mol. The van der Waals surface area contributed by atoms with Crippen LogP contribution in [0.2, 0.25) is 0 Å². The standard InChI is InChI=1S/C17H21BrN4O.ClH/c1-13(14-4-2-5-15(18)12-14)21-16(23)17(6-9-19-10-7-17)22-11-3-8-20-22;/h2-5,8,11-13,19H,6-7,9-10H2,1H3,(H,21,23);1H. The molecule has 5 nitrogen and oxygen atoms in total. The Labute approximate surface area is 156 Å². The van der Waals surface area contributed by atoms with Crippen molar-refractivity contribution in [2.75, 3.05) is 13.1 Å². The lowest BCUT2D eigenvalue weighted by molar-refractivity contribution is -0.132. The number of carbonyl (C=O) groups is 1. The summed E-state index contributed by atoms with van der Waals surface area (Å²) in [7, 11) is 0. The highest BCUT2D eigenvalue weighted by atomic mass is 79.9. The summed E-state index contributed by atoms with van der Waals surface area (Å²) in [6.07, 6.45) is 5.10. The van der Waals surface area contributed by atoms with Gasteiger partial charge in [-0.3, -0.25) is 9.48 Å². The van der Waals surface area contributed by atoms with E-state index in [-0.39, 0.29) is 24.4 Å². The predicted octanol–water partition coefficient (Wildman–Crippen LogP) is 3.02. The van der Waals surface area contributed by atoms with Crippen LogP contribution in [-0.4, -0.2) is 28.8 Å². The van der Waals surface area contributed by atoms with E-state index in [9.17, 15) is 4.79 Å². The Bertz CT molecular complexity index is 671. The molecule has 1 atom stereocenters. The van der Waals surface area contributed by atoms with Crippen LogP contribution in [0.5, 0.6) is 0 Å². The quantitative estimate of drug-likeness (QED) is 0.810. The van der Waals surface area contributed by atoms with E-state index < -0.39 is 5.54 Å². The smallest absolute Gasteiger partial charge is 0.248 e. The number of nitrogens with one attached hydrogen (secondary N) is 2. The third kappa shape index (κ3) is 3.82. The van der Waals surface area contributed by atoms with Crippen LogP contribution in [0.3, 0.4) is 0 Å². The summed E-state index contributed by atoms with van der Waals surface area (Å²) >= 11 is 3.48. The molecule has 2 N–H and O–H groups in total. The molecule has 1 aliphatic rings. The van der Waals surface area contributed by atoms with E-state index in [0.717, 1.165) is 36.0 Å². The molecule has 1 unspecified atom stereocenters. The number of piperidine rings is 1. The van der Waals surface area contributed by atoms with Crippen LogP contribution in [0.1, 0.15) is 31.4 Å². The van der Waals surface area contributed by atoms with Gasteiger partial charge < -0.3 is 10.6 Å². The summed E-state index contributed by atoms with van der Waals surface area (Å²) in [4.78, 5) is 13.1. The lowest BCUT2D eigenvalue weighted by Crippen LogP contribution is -2.55. The summed E-state index contributed by atoms with van der Waals surface area (Å²) in [5.41, 5.74) is 0.479. The number of nitrogens with zero attached hydrogens (tertiary/aromatic N) is 2. The van der Waals surface area contributed by atoms with Crippen LogP contribution < -0.4 is 10.6 Å². The van der Waals surface area contributed by atoms with Crippen LogP contribution in [-0.2, 0) is 10.3 Å². The molecule has 1 aliphatic heterocycles. The highest BCUT2D eigenvalue weighted by molar-refractivity contribution is 9.10. The van der Waals surface area contributed by atoms with Crippen molar-refractivity contribution in [2.45, 2.75) is 31.3 Å². The van der Waals surface area contributed by atoms with E-state index in [0.29, 0.717) is 0 Å². The Morgan fingerprint density at radius 3 is 2.75 bits per heavy atom. The van der Waals surface area contributed by atoms with Gasteiger partial charge in [0.1, 0.15) is 5.54 Å². The molecule has 0 radical (unpaired) electrons. The van der Waals surface area contributed by atoms with Crippen LogP contribution in [0.15, 0.2) is 47.2 Å². The Kier molecular flexibility index (Phi) is 6.43. The van der Waals surface area contributed by atoms with Gasteiger partial charge in [-0.25, -0.2) is 0 Å². The van der Waals surface area contributed by atoms with Crippen molar-refractivity contribution in [1.82, 2.24) is 20.4 Å². The van der Waals surface area contributed by atoms with Gasteiger partial charge in [0, 0.05) is 16.9 Å². The first-order chi connectivity index (χ1) is 11.1. The van der Waals surface area contributed by atoms with Gasteiger partial charge in [-0.2, -0.15) is 5.10 Å². The van der Waals surface area contributed by atoms with Crippen LogP contribution in [0.4, 0.5) is 0 Å². The van der Waals surface area contributed by atoms with Gasteiger partial charge in [0.05, 0.1) is 6.04 Å². The van der Waals surface area contributed by atoms with E-state index in [4.69, 9.17) is 0 Å². The van der Waals surface area contributed by atoms with Crippen molar-refractivity contribution in [3.05, 3.63) is 52.8 Å². The second kappa shape index (κ2) is 8.14. The number of hydrogen-bond donors (Lipinski definition) is 2. The zero-order valence-electron chi connectivity index (χ0n) is 13.5. The maximum atomic E-state index is 13.1. The van der Waals surface area contributed by atoms with Crippen molar-refractivity contribution in [3.63, 3.8) is 0 Å². The highest BCUT2D eigenvalue weighted by Gasteiger charge is 2.42. The maximum Gasteiger partial charge on any atom is 0.248 e. The second-order valence-corrected chi connectivity index (χ2v) is 6.90. The minimum Gasteiger partial charge on any atom is -0.347 e. The first kappa shape index (κ1) is 19.0. The summed E-state index contributed by atoms with van der Waals surface area (Å²) in [5.74, 6) is 0.0372. The molecule has 3 rings (SSSR count). The Hall–Kier alpha value is -1.37. The van der Waals surface area contributed by atoms with Gasteiger partial charge in [0.2, 0.25) is 5.91 Å². The second-order valence-electron chi connectivity index (χ2n) is 5.98.